The lowest BCUT2D eigenvalue weighted by atomic mass is 10.2. The molecule has 2 rings (SSSR count). The minimum absolute atomic E-state index is 0.327. The van der Waals surface area contributed by atoms with E-state index in [9.17, 15) is 5.11 Å². The summed E-state index contributed by atoms with van der Waals surface area (Å²) in [6.07, 6.45) is 2.82. The van der Waals surface area contributed by atoms with Crippen LogP contribution in [0.15, 0.2) is 53.3 Å². The van der Waals surface area contributed by atoms with E-state index in [1.807, 2.05) is 36.4 Å². The van der Waals surface area contributed by atoms with E-state index in [2.05, 4.69) is 5.32 Å². The molecule has 1 unspecified atom stereocenters. The highest BCUT2D eigenvalue weighted by atomic mass is 16.5. The Hall–Kier alpha value is -1.62. The molecule has 0 amide bonds. The predicted octanol–water partition coefficient (Wildman–Crippen LogP) is 1.95. The normalized spacial score (nSPS) is 12.5. The van der Waals surface area contributed by atoms with Gasteiger partial charge in [-0.3, -0.25) is 0 Å². The van der Waals surface area contributed by atoms with Crippen LogP contribution in [0.3, 0.4) is 0 Å². The zero-order valence-corrected chi connectivity index (χ0v) is 10.8. The Labute approximate surface area is 113 Å². The van der Waals surface area contributed by atoms with Crippen LogP contribution in [0, 0.1) is 0 Å². The number of furan rings is 1. The summed E-state index contributed by atoms with van der Waals surface area (Å²) in [5, 5.41) is 12.9. The summed E-state index contributed by atoms with van der Waals surface area (Å²) in [6, 6.07) is 11.8. The lowest BCUT2D eigenvalue weighted by molar-refractivity contribution is 0.0287. The zero-order chi connectivity index (χ0) is 13.3. The van der Waals surface area contributed by atoms with Gasteiger partial charge in [0.1, 0.15) is 0 Å². The van der Waals surface area contributed by atoms with Crippen LogP contribution in [0.1, 0.15) is 11.1 Å². The minimum atomic E-state index is -0.504. The predicted molar refractivity (Wildman–Crippen MR) is 72.5 cm³/mol. The van der Waals surface area contributed by atoms with Crippen LogP contribution < -0.4 is 5.32 Å². The maximum Gasteiger partial charge on any atom is 0.0947 e. The third kappa shape index (κ3) is 5.26. The van der Waals surface area contributed by atoms with Crippen molar-refractivity contribution in [2.75, 3.05) is 13.2 Å². The van der Waals surface area contributed by atoms with E-state index >= 15 is 0 Å². The Balaban J connectivity index is 1.56. The number of benzene rings is 1. The van der Waals surface area contributed by atoms with E-state index in [0.717, 1.165) is 11.1 Å². The molecule has 0 aliphatic rings. The van der Waals surface area contributed by atoms with Crippen molar-refractivity contribution in [2.45, 2.75) is 19.3 Å². The van der Waals surface area contributed by atoms with Crippen LogP contribution in [0.5, 0.6) is 0 Å². The van der Waals surface area contributed by atoms with Crippen LogP contribution in [0.25, 0.3) is 0 Å². The van der Waals surface area contributed by atoms with Gasteiger partial charge in [0.2, 0.25) is 0 Å². The summed E-state index contributed by atoms with van der Waals surface area (Å²) in [6.45, 7) is 2.04. The average Bonchev–Trinajstić information content (AvgIpc) is 2.93. The summed E-state index contributed by atoms with van der Waals surface area (Å²) in [5.74, 6) is 0. The molecule has 2 N–H and O–H groups in total. The topological polar surface area (TPSA) is 54.6 Å². The summed E-state index contributed by atoms with van der Waals surface area (Å²) in [5.41, 5.74) is 2.18. The second-order valence-electron chi connectivity index (χ2n) is 4.42. The van der Waals surface area contributed by atoms with Crippen molar-refractivity contribution < 1.29 is 14.3 Å². The molecule has 1 aromatic carbocycles. The first-order chi connectivity index (χ1) is 9.34. The molecule has 0 saturated heterocycles. The van der Waals surface area contributed by atoms with Crippen molar-refractivity contribution in [2.24, 2.45) is 0 Å². The summed E-state index contributed by atoms with van der Waals surface area (Å²) in [4.78, 5) is 0. The van der Waals surface area contributed by atoms with Gasteiger partial charge in [0, 0.05) is 18.7 Å². The van der Waals surface area contributed by atoms with Gasteiger partial charge >= 0.3 is 0 Å². The highest BCUT2D eigenvalue weighted by Gasteiger charge is 2.04. The van der Waals surface area contributed by atoms with Crippen LogP contribution in [0.2, 0.25) is 0 Å². The van der Waals surface area contributed by atoms with Gasteiger partial charge in [0.25, 0.3) is 0 Å². The molecule has 1 heterocycles. The molecular formula is C15H19NO3. The standard InChI is InChI=1S/C15H19NO3/c17-15(9-16-8-14-6-7-18-11-14)12-19-10-13-4-2-1-3-5-13/h1-7,11,15-17H,8-10,12H2. The van der Waals surface area contributed by atoms with Gasteiger partial charge < -0.3 is 19.6 Å². The summed E-state index contributed by atoms with van der Waals surface area (Å²) < 4.78 is 10.4. The SMILES string of the molecule is OC(CNCc1ccoc1)COCc1ccccc1. The Morgan fingerprint density at radius 1 is 1.16 bits per heavy atom. The van der Waals surface area contributed by atoms with E-state index in [0.29, 0.717) is 26.3 Å². The highest BCUT2D eigenvalue weighted by Crippen LogP contribution is 2.01. The van der Waals surface area contributed by atoms with Crippen LogP contribution in [-0.2, 0) is 17.9 Å². The quantitative estimate of drug-likeness (QED) is 0.762. The number of ether oxygens (including phenoxy) is 1. The molecule has 2 aromatic rings. The third-order valence-electron chi connectivity index (χ3n) is 2.71. The molecule has 0 fully saturated rings. The Morgan fingerprint density at radius 2 is 2.00 bits per heavy atom. The largest absolute Gasteiger partial charge is 0.472 e. The highest BCUT2D eigenvalue weighted by molar-refractivity contribution is 5.13. The van der Waals surface area contributed by atoms with Gasteiger partial charge in [0.15, 0.2) is 0 Å². The number of aliphatic hydroxyl groups excluding tert-OH is 1. The number of nitrogens with one attached hydrogen (secondary N) is 1. The molecule has 0 aliphatic carbocycles. The molecule has 0 saturated carbocycles. The van der Waals surface area contributed by atoms with Crippen LogP contribution >= 0.6 is 0 Å². The first-order valence-electron chi connectivity index (χ1n) is 6.36. The molecule has 1 atom stereocenters. The van der Waals surface area contributed by atoms with Gasteiger partial charge in [0.05, 0.1) is 31.8 Å². The Kier molecular flexibility index (Phi) is 5.62. The molecule has 4 heteroatoms. The fourth-order valence-electron chi connectivity index (χ4n) is 1.72. The molecule has 102 valence electrons. The summed E-state index contributed by atoms with van der Waals surface area (Å²) >= 11 is 0. The van der Waals surface area contributed by atoms with Gasteiger partial charge in [-0.05, 0) is 11.6 Å². The number of rotatable bonds is 8. The van der Waals surface area contributed by atoms with Gasteiger partial charge in [-0.15, -0.1) is 0 Å². The number of hydrogen-bond donors (Lipinski definition) is 2. The van der Waals surface area contributed by atoms with Gasteiger partial charge in [-0.25, -0.2) is 0 Å². The lowest BCUT2D eigenvalue weighted by Gasteiger charge is -2.12. The minimum Gasteiger partial charge on any atom is -0.472 e. The van der Waals surface area contributed by atoms with Crippen molar-refractivity contribution in [3.8, 4) is 0 Å². The third-order valence-corrected chi connectivity index (χ3v) is 2.71. The maximum atomic E-state index is 9.74. The molecule has 1 aromatic heterocycles. The van der Waals surface area contributed by atoms with E-state index < -0.39 is 6.10 Å². The van der Waals surface area contributed by atoms with Gasteiger partial charge in [-0.2, -0.15) is 0 Å². The second-order valence-corrected chi connectivity index (χ2v) is 4.42. The summed E-state index contributed by atoms with van der Waals surface area (Å²) in [7, 11) is 0. The average molecular weight is 261 g/mol. The zero-order valence-electron chi connectivity index (χ0n) is 10.8. The Bertz CT molecular complexity index is 442. The fraction of sp³-hybridized carbons (Fsp3) is 0.333. The lowest BCUT2D eigenvalue weighted by Crippen LogP contribution is -2.29. The maximum absolute atomic E-state index is 9.74. The van der Waals surface area contributed by atoms with Crippen molar-refractivity contribution in [3.05, 3.63) is 60.1 Å². The molecular weight excluding hydrogens is 242 g/mol. The fourth-order valence-corrected chi connectivity index (χ4v) is 1.72. The molecule has 4 nitrogen and oxygen atoms in total. The number of hydrogen-bond acceptors (Lipinski definition) is 4. The number of aliphatic hydroxyl groups is 1. The van der Waals surface area contributed by atoms with E-state index in [1.165, 1.54) is 0 Å². The molecule has 0 radical (unpaired) electrons. The smallest absolute Gasteiger partial charge is 0.0947 e. The van der Waals surface area contributed by atoms with Crippen molar-refractivity contribution in [1.82, 2.24) is 5.32 Å². The van der Waals surface area contributed by atoms with E-state index in [4.69, 9.17) is 9.15 Å². The second kappa shape index (κ2) is 7.74. The first kappa shape index (κ1) is 13.8. The van der Waals surface area contributed by atoms with Crippen LogP contribution in [-0.4, -0.2) is 24.4 Å². The van der Waals surface area contributed by atoms with Gasteiger partial charge in [-0.1, -0.05) is 30.3 Å². The molecule has 0 bridgehead atoms. The van der Waals surface area contributed by atoms with Crippen molar-refractivity contribution in [3.63, 3.8) is 0 Å². The first-order valence-corrected chi connectivity index (χ1v) is 6.36. The van der Waals surface area contributed by atoms with E-state index in [1.54, 1.807) is 12.5 Å². The van der Waals surface area contributed by atoms with Crippen LogP contribution in [0.4, 0.5) is 0 Å². The molecule has 0 aliphatic heterocycles. The Morgan fingerprint density at radius 3 is 2.74 bits per heavy atom. The molecule has 19 heavy (non-hydrogen) atoms. The van der Waals surface area contributed by atoms with Crippen molar-refractivity contribution in [1.29, 1.82) is 0 Å². The molecule has 0 spiro atoms. The monoisotopic (exact) mass is 261 g/mol. The van der Waals surface area contributed by atoms with E-state index in [-0.39, 0.29) is 0 Å². The van der Waals surface area contributed by atoms with Crippen molar-refractivity contribution >= 4 is 0 Å².